The molecule has 0 aliphatic rings. The Balaban J connectivity index is 0.000000810. The summed E-state index contributed by atoms with van der Waals surface area (Å²) >= 11 is 0.929. The summed E-state index contributed by atoms with van der Waals surface area (Å²) in [5.74, 6) is 0. The third kappa shape index (κ3) is 3.06. The number of hydrogen-bond acceptors (Lipinski definition) is 4. The molecule has 0 unspecified atom stereocenters. The van der Waals surface area contributed by atoms with Crippen molar-refractivity contribution in [1.82, 2.24) is 0 Å². The fourth-order valence-electron chi connectivity index (χ4n) is 0.406. The zero-order valence-corrected chi connectivity index (χ0v) is 11.1. The molecule has 0 radical (unpaired) electrons. The van der Waals surface area contributed by atoms with E-state index in [1.807, 2.05) is 0 Å². The average molecular weight is 301 g/mol. The van der Waals surface area contributed by atoms with Gasteiger partial charge in [-0.2, -0.15) is 0 Å². The minimum Gasteiger partial charge on any atom is -0.743 e. The van der Waals surface area contributed by atoms with Gasteiger partial charge < -0.3 is 4.55 Å². The molecule has 50 valence electrons. The molecule has 0 saturated heterocycles. The average Bonchev–Trinajstić information content (AvgIpc) is 2.08. The van der Waals surface area contributed by atoms with Crippen LogP contribution in [0.15, 0.2) is 21.7 Å². The molecule has 0 spiro atoms. The van der Waals surface area contributed by atoms with E-state index in [1.165, 1.54) is 12.1 Å². The minimum atomic E-state index is -4.19. The first-order valence-corrected chi connectivity index (χ1v) is 4.39. The molecular formula is C4H3BaO3S2+. The van der Waals surface area contributed by atoms with Gasteiger partial charge in [0.15, 0.2) is 0 Å². The molecule has 3 nitrogen and oxygen atoms in total. The van der Waals surface area contributed by atoms with Crippen LogP contribution in [0, 0.1) is 0 Å². The van der Waals surface area contributed by atoms with Gasteiger partial charge >= 0.3 is 48.9 Å². The molecule has 0 bridgehead atoms. The number of thiophene rings is 1. The van der Waals surface area contributed by atoms with Crippen LogP contribution < -0.4 is 0 Å². The van der Waals surface area contributed by atoms with E-state index in [4.69, 9.17) is 0 Å². The van der Waals surface area contributed by atoms with Crippen molar-refractivity contribution in [3.63, 3.8) is 0 Å². The van der Waals surface area contributed by atoms with Crippen LogP contribution in [-0.4, -0.2) is 61.9 Å². The van der Waals surface area contributed by atoms with Crippen LogP contribution in [0.1, 0.15) is 0 Å². The van der Waals surface area contributed by atoms with Gasteiger partial charge in [-0.15, -0.1) is 11.3 Å². The maximum atomic E-state index is 10.1. The molecule has 0 aliphatic heterocycles. The van der Waals surface area contributed by atoms with Gasteiger partial charge in [0.25, 0.3) is 0 Å². The molecular weight excluding hydrogens is 298 g/mol. The molecule has 1 aromatic heterocycles. The minimum absolute atomic E-state index is 0. The van der Waals surface area contributed by atoms with E-state index >= 15 is 0 Å². The quantitative estimate of drug-likeness (QED) is 0.553. The Hall–Kier alpha value is 1.18. The van der Waals surface area contributed by atoms with Gasteiger partial charge in [-0.05, 0) is 11.4 Å². The molecule has 0 aliphatic carbocycles. The van der Waals surface area contributed by atoms with Crippen LogP contribution >= 0.6 is 11.3 Å². The molecule has 10 heavy (non-hydrogen) atoms. The normalized spacial score (nSPS) is 10.5. The van der Waals surface area contributed by atoms with Crippen molar-refractivity contribution in [2.75, 3.05) is 0 Å². The van der Waals surface area contributed by atoms with Crippen LogP contribution in [0.25, 0.3) is 0 Å². The van der Waals surface area contributed by atoms with Crippen molar-refractivity contribution in [3.05, 3.63) is 17.5 Å². The predicted molar refractivity (Wildman–Crippen MR) is 38.0 cm³/mol. The molecule has 1 aromatic rings. The van der Waals surface area contributed by atoms with Crippen molar-refractivity contribution in [3.8, 4) is 0 Å². The summed E-state index contributed by atoms with van der Waals surface area (Å²) in [5.41, 5.74) is 0. The van der Waals surface area contributed by atoms with Crippen LogP contribution in [0.2, 0.25) is 0 Å². The Morgan fingerprint density at radius 3 is 2.30 bits per heavy atom. The Labute approximate surface area is 103 Å². The van der Waals surface area contributed by atoms with Gasteiger partial charge in [-0.1, -0.05) is 6.07 Å². The van der Waals surface area contributed by atoms with Crippen molar-refractivity contribution in [2.24, 2.45) is 0 Å². The summed E-state index contributed by atoms with van der Waals surface area (Å²) in [7, 11) is -4.19. The van der Waals surface area contributed by atoms with E-state index in [-0.39, 0.29) is 53.1 Å². The standard InChI is InChI=1S/C4H4O3S2.Ba/c5-9(6,7)4-2-1-3-8-4;/h1-3H,(H,5,6,7);/q;+2/p-1. The molecule has 6 heteroatoms. The Morgan fingerprint density at radius 1 is 1.50 bits per heavy atom. The van der Waals surface area contributed by atoms with Gasteiger partial charge in [0.2, 0.25) is 0 Å². The fourth-order valence-corrected chi connectivity index (χ4v) is 1.74. The Kier molecular flexibility index (Phi) is 4.77. The van der Waals surface area contributed by atoms with E-state index in [1.54, 1.807) is 5.38 Å². The van der Waals surface area contributed by atoms with Gasteiger partial charge in [0, 0.05) is 0 Å². The van der Waals surface area contributed by atoms with Crippen LogP contribution in [0.3, 0.4) is 0 Å². The third-order valence-electron chi connectivity index (χ3n) is 0.741. The molecule has 0 aromatic carbocycles. The zero-order valence-electron chi connectivity index (χ0n) is 4.98. The maximum Gasteiger partial charge on any atom is 2.00 e. The summed E-state index contributed by atoms with van der Waals surface area (Å²) in [6, 6.07) is 2.81. The second-order valence-electron chi connectivity index (χ2n) is 1.39. The molecule has 1 rings (SSSR count). The van der Waals surface area contributed by atoms with Crippen molar-refractivity contribution >= 4 is 70.3 Å². The molecule has 0 saturated carbocycles. The summed E-state index contributed by atoms with van der Waals surface area (Å²) in [6.07, 6.45) is 0. The van der Waals surface area contributed by atoms with E-state index in [2.05, 4.69) is 0 Å². The number of rotatable bonds is 1. The SMILES string of the molecule is O=S(=O)([O-])c1cccs1.[Ba+2]. The van der Waals surface area contributed by atoms with Gasteiger partial charge in [-0.3, -0.25) is 0 Å². The Morgan fingerprint density at radius 2 is 2.10 bits per heavy atom. The zero-order chi connectivity index (χ0) is 6.91. The predicted octanol–water partition coefficient (Wildman–Crippen LogP) is 0.271. The summed E-state index contributed by atoms with van der Waals surface area (Å²) in [5, 5.41) is 1.55. The van der Waals surface area contributed by atoms with Crippen LogP contribution in [0.5, 0.6) is 0 Å². The fraction of sp³-hybridized carbons (Fsp3) is 0. The molecule has 0 fully saturated rings. The van der Waals surface area contributed by atoms with Crippen molar-refractivity contribution in [2.45, 2.75) is 4.21 Å². The first kappa shape index (κ1) is 11.2. The van der Waals surface area contributed by atoms with Crippen LogP contribution in [0.4, 0.5) is 0 Å². The smallest absolute Gasteiger partial charge is 0.743 e. The maximum absolute atomic E-state index is 10.1. The van der Waals surface area contributed by atoms with E-state index in [0.29, 0.717) is 0 Å². The van der Waals surface area contributed by atoms with Crippen LogP contribution in [-0.2, 0) is 10.1 Å². The molecule has 1 heterocycles. The van der Waals surface area contributed by atoms with Gasteiger partial charge in [0.05, 0.1) is 0 Å². The van der Waals surface area contributed by atoms with Crippen molar-refractivity contribution in [1.29, 1.82) is 0 Å². The molecule has 0 atom stereocenters. The number of hydrogen-bond donors (Lipinski definition) is 0. The second kappa shape index (κ2) is 4.27. The topological polar surface area (TPSA) is 57.2 Å². The molecule has 0 N–H and O–H groups in total. The largest absolute Gasteiger partial charge is 2.00 e. The third-order valence-corrected chi connectivity index (χ3v) is 2.93. The summed E-state index contributed by atoms with van der Waals surface area (Å²) in [4.78, 5) is 0. The first-order valence-electron chi connectivity index (χ1n) is 2.10. The summed E-state index contributed by atoms with van der Waals surface area (Å²) in [6.45, 7) is 0. The molecule has 0 amide bonds. The second-order valence-corrected chi connectivity index (χ2v) is 3.94. The first-order chi connectivity index (χ1) is 4.11. The summed E-state index contributed by atoms with van der Waals surface area (Å²) < 4.78 is 30.3. The van der Waals surface area contributed by atoms with E-state index in [9.17, 15) is 13.0 Å². The van der Waals surface area contributed by atoms with E-state index < -0.39 is 10.1 Å². The van der Waals surface area contributed by atoms with Crippen molar-refractivity contribution < 1.29 is 13.0 Å². The van der Waals surface area contributed by atoms with Gasteiger partial charge in [0.1, 0.15) is 14.3 Å². The monoisotopic (exact) mass is 301 g/mol. The van der Waals surface area contributed by atoms with Gasteiger partial charge in [-0.25, -0.2) is 8.42 Å². The van der Waals surface area contributed by atoms with E-state index in [0.717, 1.165) is 11.3 Å². The Bertz CT molecular complexity index is 275.